The summed E-state index contributed by atoms with van der Waals surface area (Å²) in [6.07, 6.45) is 2.36. The molecule has 3 aromatic rings. The summed E-state index contributed by atoms with van der Waals surface area (Å²) in [5.41, 5.74) is 6.93. The van der Waals surface area contributed by atoms with Crippen LogP contribution in [0.25, 0.3) is 0 Å². The van der Waals surface area contributed by atoms with Crippen LogP contribution in [0.3, 0.4) is 0 Å². The van der Waals surface area contributed by atoms with Crippen LogP contribution in [0.2, 0.25) is 5.02 Å². The lowest BCUT2D eigenvalue weighted by Gasteiger charge is -2.12. The maximum absolute atomic E-state index is 13.2. The number of benzene rings is 2. The van der Waals surface area contributed by atoms with E-state index in [4.69, 9.17) is 27.3 Å². The lowest BCUT2D eigenvalue weighted by molar-refractivity contribution is 0.305. The van der Waals surface area contributed by atoms with E-state index in [2.05, 4.69) is 20.4 Å². The van der Waals surface area contributed by atoms with Crippen molar-refractivity contribution in [2.45, 2.75) is 6.61 Å². The van der Waals surface area contributed by atoms with Crippen molar-refractivity contribution in [1.82, 2.24) is 9.97 Å². The average molecular weight is 406 g/mol. The van der Waals surface area contributed by atoms with E-state index in [1.165, 1.54) is 18.5 Å². The molecule has 7 nitrogen and oxygen atoms in total. The maximum Gasteiger partial charge on any atom is 0.144 e. The largest absolute Gasteiger partial charge is 0.487 e. The highest BCUT2D eigenvalue weighted by atomic mass is 35.5. The Hall–Kier alpha value is -3.46. The second kappa shape index (κ2) is 8.49. The molecule has 4 N–H and O–H groups in total. The van der Waals surface area contributed by atoms with E-state index in [1.807, 2.05) is 0 Å². The number of anilines is 3. The zero-order chi connectivity index (χ0) is 20.1. The van der Waals surface area contributed by atoms with Crippen LogP contribution in [0.5, 0.6) is 5.75 Å². The molecule has 0 fully saturated rings. The quantitative estimate of drug-likeness (QED) is 0.323. The molecular weight excluding hydrogens is 392 g/mol. The highest BCUT2D eigenvalue weighted by Crippen LogP contribution is 2.30. The van der Waals surface area contributed by atoms with Gasteiger partial charge >= 0.3 is 0 Å². The predicted molar refractivity (Wildman–Crippen MR) is 101 cm³/mol. The predicted octanol–water partition coefficient (Wildman–Crippen LogP) is 4.12. The summed E-state index contributed by atoms with van der Waals surface area (Å²) in [5.74, 6) is -0.601. The summed E-state index contributed by atoms with van der Waals surface area (Å²) in [4.78, 5) is 7.87. The molecule has 144 valence electrons. The Morgan fingerprint density at radius 1 is 1.18 bits per heavy atom. The zero-order valence-corrected chi connectivity index (χ0v) is 15.0. The molecule has 0 aliphatic rings. The number of nitrogen functional groups attached to an aromatic ring is 1. The van der Waals surface area contributed by atoms with Gasteiger partial charge in [-0.3, -0.25) is 0 Å². The second-order valence-electron chi connectivity index (χ2n) is 5.60. The molecule has 3 rings (SSSR count). The molecule has 1 heterocycles. The van der Waals surface area contributed by atoms with Crippen LogP contribution in [-0.4, -0.2) is 21.4 Å². The molecular formula is C18H14ClF2N5O2. The van der Waals surface area contributed by atoms with E-state index in [1.54, 1.807) is 18.2 Å². The third-order valence-electron chi connectivity index (χ3n) is 3.61. The minimum atomic E-state index is -0.685. The SMILES string of the molecule is Nc1ncnc(Nc2ccc(OCc3cc(F)cc(F)c3)c(Cl)c2)c1/C=N\O. The molecule has 28 heavy (non-hydrogen) atoms. The van der Waals surface area contributed by atoms with Gasteiger partial charge in [0.05, 0.1) is 16.8 Å². The van der Waals surface area contributed by atoms with E-state index in [-0.39, 0.29) is 17.4 Å². The topological polar surface area (TPSA) is 106 Å². The van der Waals surface area contributed by atoms with Crippen LogP contribution < -0.4 is 15.8 Å². The van der Waals surface area contributed by atoms with Crippen LogP contribution in [0, 0.1) is 11.6 Å². The molecule has 0 atom stereocenters. The summed E-state index contributed by atoms with van der Waals surface area (Å²) >= 11 is 6.22. The molecule has 10 heteroatoms. The normalized spacial score (nSPS) is 11.0. The van der Waals surface area contributed by atoms with Gasteiger partial charge in [0.2, 0.25) is 0 Å². The van der Waals surface area contributed by atoms with Gasteiger partial charge in [-0.25, -0.2) is 18.7 Å². The first-order valence-electron chi connectivity index (χ1n) is 7.88. The zero-order valence-electron chi connectivity index (χ0n) is 14.2. The summed E-state index contributed by atoms with van der Waals surface area (Å²) in [5, 5.41) is 14.9. The van der Waals surface area contributed by atoms with E-state index in [9.17, 15) is 8.78 Å². The van der Waals surface area contributed by atoms with Gasteiger partial charge in [-0.1, -0.05) is 16.8 Å². The van der Waals surface area contributed by atoms with Gasteiger partial charge in [0.25, 0.3) is 0 Å². The first kappa shape index (κ1) is 19.3. The van der Waals surface area contributed by atoms with Gasteiger partial charge in [-0.15, -0.1) is 0 Å². The van der Waals surface area contributed by atoms with Crippen molar-refractivity contribution in [3.63, 3.8) is 0 Å². The summed E-state index contributed by atoms with van der Waals surface area (Å²) in [6, 6.07) is 7.96. The van der Waals surface area contributed by atoms with Crippen molar-refractivity contribution < 1.29 is 18.7 Å². The Balaban J connectivity index is 1.75. The monoisotopic (exact) mass is 405 g/mol. The molecule has 0 unspecified atom stereocenters. The summed E-state index contributed by atoms with van der Waals surface area (Å²) < 4.78 is 32.0. The molecule has 0 bridgehead atoms. The molecule has 1 aromatic heterocycles. The molecule has 0 aliphatic heterocycles. The summed E-state index contributed by atoms with van der Waals surface area (Å²) in [7, 11) is 0. The molecule has 0 saturated carbocycles. The van der Waals surface area contributed by atoms with Crippen LogP contribution in [0.4, 0.5) is 26.1 Å². The van der Waals surface area contributed by atoms with E-state index in [0.717, 1.165) is 12.3 Å². The Labute approximate surface area is 163 Å². The number of nitrogens with one attached hydrogen (secondary N) is 1. The number of aromatic nitrogens is 2. The molecule has 0 saturated heterocycles. The number of oxime groups is 1. The van der Waals surface area contributed by atoms with Gasteiger partial charge in [-0.2, -0.15) is 0 Å². The van der Waals surface area contributed by atoms with Crippen molar-refractivity contribution >= 4 is 35.1 Å². The lowest BCUT2D eigenvalue weighted by Crippen LogP contribution is -2.05. The van der Waals surface area contributed by atoms with Crippen molar-refractivity contribution in [3.8, 4) is 5.75 Å². The number of hydrogen-bond acceptors (Lipinski definition) is 7. The standard InChI is InChI=1S/C18H14ClF2N5O2/c19-15-6-13(26-18-14(7-25-27)17(22)23-9-24-18)1-2-16(15)28-8-10-3-11(20)5-12(21)4-10/h1-7,9,27H,8H2,(H3,22,23,24,26)/b25-7-. The highest BCUT2D eigenvalue weighted by Gasteiger charge is 2.10. The minimum Gasteiger partial charge on any atom is -0.487 e. The highest BCUT2D eigenvalue weighted by molar-refractivity contribution is 6.32. The molecule has 2 aromatic carbocycles. The number of nitrogens with zero attached hydrogens (tertiary/aromatic N) is 3. The van der Waals surface area contributed by atoms with Crippen molar-refractivity contribution in [2.75, 3.05) is 11.1 Å². The molecule has 0 radical (unpaired) electrons. The van der Waals surface area contributed by atoms with Crippen LogP contribution in [0.15, 0.2) is 47.9 Å². The maximum atomic E-state index is 13.2. The minimum absolute atomic E-state index is 0.0548. The van der Waals surface area contributed by atoms with Gasteiger partial charge in [-0.05, 0) is 35.9 Å². The van der Waals surface area contributed by atoms with Crippen molar-refractivity contribution in [3.05, 3.63) is 70.5 Å². The number of rotatable bonds is 6. The van der Waals surface area contributed by atoms with Gasteiger partial charge in [0, 0.05) is 11.8 Å². The third-order valence-corrected chi connectivity index (χ3v) is 3.91. The van der Waals surface area contributed by atoms with E-state index < -0.39 is 11.6 Å². The Morgan fingerprint density at radius 3 is 2.61 bits per heavy atom. The smallest absolute Gasteiger partial charge is 0.144 e. The van der Waals surface area contributed by atoms with Crippen LogP contribution >= 0.6 is 11.6 Å². The fourth-order valence-electron chi connectivity index (χ4n) is 2.38. The van der Waals surface area contributed by atoms with Gasteiger partial charge in [0.15, 0.2) is 0 Å². The molecule has 0 aliphatic carbocycles. The molecule has 0 spiro atoms. The van der Waals surface area contributed by atoms with Gasteiger partial charge < -0.3 is 21.0 Å². The second-order valence-corrected chi connectivity index (χ2v) is 6.01. The van der Waals surface area contributed by atoms with E-state index in [0.29, 0.717) is 28.4 Å². The first-order valence-corrected chi connectivity index (χ1v) is 8.26. The fraction of sp³-hybridized carbons (Fsp3) is 0.0556. The van der Waals surface area contributed by atoms with Crippen LogP contribution in [0.1, 0.15) is 11.1 Å². The van der Waals surface area contributed by atoms with Gasteiger partial charge in [0.1, 0.15) is 42.0 Å². The Morgan fingerprint density at radius 2 is 1.93 bits per heavy atom. The van der Waals surface area contributed by atoms with Crippen LogP contribution in [-0.2, 0) is 6.61 Å². The van der Waals surface area contributed by atoms with Crippen molar-refractivity contribution in [2.24, 2.45) is 5.16 Å². The van der Waals surface area contributed by atoms with Crippen molar-refractivity contribution in [1.29, 1.82) is 0 Å². The Kier molecular flexibility index (Phi) is 5.85. The number of hydrogen-bond donors (Lipinski definition) is 3. The first-order chi connectivity index (χ1) is 13.5. The number of ether oxygens (including phenoxy) is 1. The Bertz CT molecular complexity index is 1010. The number of nitrogens with two attached hydrogens (primary N) is 1. The average Bonchev–Trinajstić information content (AvgIpc) is 2.63. The fourth-order valence-corrected chi connectivity index (χ4v) is 2.62. The third kappa shape index (κ3) is 4.63. The molecule has 0 amide bonds. The lowest BCUT2D eigenvalue weighted by atomic mass is 10.2. The van der Waals surface area contributed by atoms with E-state index >= 15 is 0 Å². The number of halogens is 3. The summed E-state index contributed by atoms with van der Waals surface area (Å²) in [6.45, 7) is -0.0548.